The Morgan fingerprint density at radius 3 is 2.39 bits per heavy atom. The summed E-state index contributed by atoms with van der Waals surface area (Å²) in [7, 11) is 0. The van der Waals surface area contributed by atoms with E-state index in [1.165, 1.54) is 0 Å². The summed E-state index contributed by atoms with van der Waals surface area (Å²) in [6.07, 6.45) is 1.32. The lowest BCUT2D eigenvalue weighted by molar-refractivity contribution is 0.0693. The number of amides is 1. The highest BCUT2D eigenvalue weighted by atomic mass is 79.9. The maximum Gasteiger partial charge on any atom is 0.257 e. The van der Waals surface area contributed by atoms with Gasteiger partial charge in [-0.25, -0.2) is 8.78 Å². The highest BCUT2D eigenvalue weighted by Crippen LogP contribution is 2.20. The molecule has 18 heavy (non-hydrogen) atoms. The van der Waals surface area contributed by atoms with Gasteiger partial charge < -0.3 is 10.1 Å². The lowest BCUT2D eigenvalue weighted by atomic mass is 10.1. The number of rotatable bonds is 2. The quantitative estimate of drug-likeness (QED) is 0.910. The Morgan fingerprint density at radius 2 is 1.83 bits per heavy atom. The van der Waals surface area contributed by atoms with Gasteiger partial charge in [0.2, 0.25) is 0 Å². The number of nitrogens with one attached hydrogen (secondary N) is 1. The van der Waals surface area contributed by atoms with Gasteiger partial charge in [0.25, 0.3) is 5.91 Å². The fraction of sp³-hybridized carbons (Fsp3) is 0.417. The Balaban J connectivity index is 2.13. The molecule has 98 valence electrons. The Bertz CT molecular complexity index is 438. The second kappa shape index (κ2) is 5.75. The Morgan fingerprint density at radius 1 is 1.28 bits per heavy atom. The van der Waals surface area contributed by atoms with Gasteiger partial charge >= 0.3 is 0 Å². The summed E-state index contributed by atoms with van der Waals surface area (Å²) in [5.74, 6) is -2.46. The fourth-order valence-electron chi connectivity index (χ4n) is 1.86. The van der Waals surface area contributed by atoms with Crippen LogP contribution in [0.15, 0.2) is 16.6 Å². The molecule has 6 heteroatoms. The van der Waals surface area contributed by atoms with Crippen molar-refractivity contribution in [2.75, 3.05) is 13.2 Å². The zero-order valence-electron chi connectivity index (χ0n) is 9.51. The van der Waals surface area contributed by atoms with Crippen LogP contribution in [0, 0.1) is 11.6 Å². The smallest absolute Gasteiger partial charge is 0.257 e. The van der Waals surface area contributed by atoms with Gasteiger partial charge in [-0.1, -0.05) is 15.9 Å². The van der Waals surface area contributed by atoms with Crippen molar-refractivity contribution in [3.05, 3.63) is 33.8 Å². The molecular formula is C12H12BrF2NO2. The Kier molecular flexibility index (Phi) is 4.29. The standard InChI is InChI=1S/C12H12BrF2NO2/c13-7-5-9(14)11(10(15)6-7)12(17)16-8-1-3-18-4-2-8/h5-6,8H,1-4H2,(H,16,17). The van der Waals surface area contributed by atoms with E-state index in [0.717, 1.165) is 12.1 Å². The van der Waals surface area contributed by atoms with E-state index in [9.17, 15) is 13.6 Å². The first-order chi connectivity index (χ1) is 8.58. The highest BCUT2D eigenvalue weighted by molar-refractivity contribution is 9.10. The van der Waals surface area contributed by atoms with Crippen LogP contribution in [0.5, 0.6) is 0 Å². The number of hydrogen-bond donors (Lipinski definition) is 1. The van der Waals surface area contributed by atoms with Crippen molar-refractivity contribution < 1.29 is 18.3 Å². The second-order valence-electron chi connectivity index (χ2n) is 4.10. The third kappa shape index (κ3) is 3.05. The highest BCUT2D eigenvalue weighted by Gasteiger charge is 2.22. The molecular weight excluding hydrogens is 308 g/mol. The molecule has 1 aromatic rings. The molecule has 3 nitrogen and oxygen atoms in total. The monoisotopic (exact) mass is 319 g/mol. The van der Waals surface area contributed by atoms with Crippen LogP contribution in [0.1, 0.15) is 23.2 Å². The maximum atomic E-state index is 13.6. The first-order valence-corrected chi connectivity index (χ1v) is 6.40. The van der Waals surface area contributed by atoms with Crippen LogP contribution in [-0.4, -0.2) is 25.2 Å². The molecule has 0 saturated carbocycles. The predicted molar refractivity (Wildman–Crippen MR) is 65.4 cm³/mol. The summed E-state index contributed by atoms with van der Waals surface area (Å²) in [5, 5.41) is 2.62. The molecule has 0 aromatic heterocycles. The van der Waals surface area contributed by atoms with Crippen molar-refractivity contribution in [1.29, 1.82) is 0 Å². The van der Waals surface area contributed by atoms with Crippen LogP contribution in [0.2, 0.25) is 0 Å². The van der Waals surface area contributed by atoms with Crippen molar-refractivity contribution in [2.45, 2.75) is 18.9 Å². The molecule has 1 heterocycles. The average molecular weight is 320 g/mol. The van der Waals surface area contributed by atoms with E-state index >= 15 is 0 Å². The minimum Gasteiger partial charge on any atom is -0.381 e. The summed E-state index contributed by atoms with van der Waals surface area (Å²) < 4.78 is 32.5. The van der Waals surface area contributed by atoms with Crippen LogP contribution < -0.4 is 5.32 Å². The third-order valence-electron chi connectivity index (χ3n) is 2.79. The molecule has 2 rings (SSSR count). The predicted octanol–water partition coefficient (Wildman–Crippen LogP) is 2.64. The van der Waals surface area contributed by atoms with Crippen molar-refractivity contribution in [1.82, 2.24) is 5.32 Å². The van der Waals surface area contributed by atoms with E-state index in [0.29, 0.717) is 26.1 Å². The van der Waals surface area contributed by atoms with Gasteiger partial charge in [-0.05, 0) is 25.0 Å². The molecule has 0 aliphatic carbocycles. The van der Waals surface area contributed by atoms with Crippen LogP contribution in [0.4, 0.5) is 8.78 Å². The lowest BCUT2D eigenvalue weighted by Crippen LogP contribution is -2.39. The molecule has 1 aromatic carbocycles. The maximum absolute atomic E-state index is 13.6. The normalized spacial score (nSPS) is 16.6. The number of carbonyl (C=O) groups is 1. The van der Waals surface area contributed by atoms with Crippen LogP contribution >= 0.6 is 15.9 Å². The molecule has 1 aliphatic heterocycles. The largest absolute Gasteiger partial charge is 0.381 e. The lowest BCUT2D eigenvalue weighted by Gasteiger charge is -2.23. The molecule has 1 amide bonds. The van der Waals surface area contributed by atoms with Gasteiger partial charge in [-0.2, -0.15) is 0 Å². The second-order valence-corrected chi connectivity index (χ2v) is 5.02. The van der Waals surface area contributed by atoms with Gasteiger partial charge in [0.15, 0.2) is 0 Å². The van der Waals surface area contributed by atoms with Crippen molar-refractivity contribution in [2.24, 2.45) is 0 Å². The van der Waals surface area contributed by atoms with E-state index in [1.807, 2.05) is 0 Å². The average Bonchev–Trinajstić information content (AvgIpc) is 2.28. The first-order valence-electron chi connectivity index (χ1n) is 5.61. The van der Waals surface area contributed by atoms with Gasteiger partial charge in [0.05, 0.1) is 0 Å². The number of hydrogen-bond acceptors (Lipinski definition) is 2. The summed E-state index contributed by atoms with van der Waals surface area (Å²) in [6.45, 7) is 1.10. The van der Waals surface area contributed by atoms with Crippen LogP contribution in [0.25, 0.3) is 0 Å². The third-order valence-corrected chi connectivity index (χ3v) is 3.25. The SMILES string of the molecule is O=C(NC1CCOCC1)c1c(F)cc(Br)cc1F. The number of ether oxygens (including phenoxy) is 1. The molecule has 1 saturated heterocycles. The first kappa shape index (κ1) is 13.4. The van der Waals surface area contributed by atoms with Crippen molar-refractivity contribution >= 4 is 21.8 Å². The van der Waals surface area contributed by atoms with E-state index < -0.39 is 23.1 Å². The minimum atomic E-state index is -0.869. The van der Waals surface area contributed by atoms with Crippen LogP contribution in [0.3, 0.4) is 0 Å². The fourth-order valence-corrected chi connectivity index (χ4v) is 2.26. The topological polar surface area (TPSA) is 38.3 Å². The molecule has 0 atom stereocenters. The van der Waals surface area contributed by atoms with Gasteiger partial charge in [-0.3, -0.25) is 4.79 Å². The van der Waals surface area contributed by atoms with Gasteiger partial charge in [0, 0.05) is 23.7 Å². The molecule has 1 fully saturated rings. The van der Waals surface area contributed by atoms with Gasteiger partial charge in [-0.15, -0.1) is 0 Å². The number of carbonyl (C=O) groups excluding carboxylic acids is 1. The van der Waals surface area contributed by atoms with Crippen LogP contribution in [-0.2, 0) is 4.74 Å². The van der Waals surface area contributed by atoms with Crippen molar-refractivity contribution in [3.8, 4) is 0 Å². The molecule has 1 aliphatic rings. The summed E-state index contributed by atoms with van der Waals surface area (Å²) >= 11 is 2.97. The molecule has 0 radical (unpaired) electrons. The molecule has 0 spiro atoms. The number of benzene rings is 1. The Labute approximate surface area is 112 Å². The van der Waals surface area contributed by atoms with Crippen molar-refractivity contribution in [3.63, 3.8) is 0 Å². The Hall–Kier alpha value is -1.01. The summed E-state index contributed by atoms with van der Waals surface area (Å²) in [6, 6.07) is 2.05. The number of halogens is 3. The zero-order chi connectivity index (χ0) is 13.1. The van der Waals surface area contributed by atoms with E-state index in [4.69, 9.17) is 4.74 Å². The zero-order valence-corrected chi connectivity index (χ0v) is 11.1. The van der Waals surface area contributed by atoms with E-state index in [1.54, 1.807) is 0 Å². The molecule has 1 N–H and O–H groups in total. The van der Waals surface area contributed by atoms with E-state index in [-0.39, 0.29) is 10.5 Å². The summed E-state index contributed by atoms with van der Waals surface area (Å²) in [5.41, 5.74) is -0.537. The van der Waals surface area contributed by atoms with E-state index in [2.05, 4.69) is 21.2 Å². The molecule has 0 unspecified atom stereocenters. The van der Waals surface area contributed by atoms with Gasteiger partial charge in [0.1, 0.15) is 17.2 Å². The minimum absolute atomic E-state index is 0.0892. The molecule has 0 bridgehead atoms. The summed E-state index contributed by atoms with van der Waals surface area (Å²) in [4.78, 5) is 11.8.